The molecule has 4 nitrogen and oxygen atoms in total. The lowest BCUT2D eigenvalue weighted by Gasteiger charge is -2.18. The van der Waals surface area contributed by atoms with Gasteiger partial charge < -0.3 is 10.5 Å². The zero-order valence-electron chi connectivity index (χ0n) is 10.4. The van der Waals surface area contributed by atoms with E-state index in [0.29, 0.717) is 5.75 Å². The highest BCUT2D eigenvalue weighted by Gasteiger charge is 2.22. The van der Waals surface area contributed by atoms with Crippen molar-refractivity contribution in [2.24, 2.45) is 5.73 Å². The van der Waals surface area contributed by atoms with Crippen LogP contribution in [0.2, 0.25) is 0 Å². The first kappa shape index (κ1) is 14.0. The van der Waals surface area contributed by atoms with Crippen LogP contribution in [0.4, 0.5) is 0 Å². The van der Waals surface area contributed by atoms with Crippen molar-refractivity contribution in [1.29, 1.82) is 0 Å². The van der Waals surface area contributed by atoms with Gasteiger partial charge in [-0.25, -0.2) is 8.42 Å². The summed E-state index contributed by atoms with van der Waals surface area (Å²) < 4.78 is 28.7. The summed E-state index contributed by atoms with van der Waals surface area (Å²) in [6.07, 6.45) is 0. The summed E-state index contributed by atoms with van der Waals surface area (Å²) in [6, 6.07) is 7.00. The van der Waals surface area contributed by atoms with Gasteiger partial charge in [0, 0.05) is 5.54 Å². The van der Waals surface area contributed by atoms with Crippen molar-refractivity contribution in [3.05, 3.63) is 29.8 Å². The monoisotopic (exact) mass is 257 g/mol. The predicted molar refractivity (Wildman–Crippen MR) is 68.8 cm³/mol. The van der Waals surface area contributed by atoms with E-state index in [2.05, 4.69) is 0 Å². The number of benzene rings is 1. The smallest absolute Gasteiger partial charge is 0.156 e. The van der Waals surface area contributed by atoms with Gasteiger partial charge in [-0.1, -0.05) is 12.1 Å². The molecule has 0 amide bonds. The van der Waals surface area contributed by atoms with Crippen LogP contribution in [0.3, 0.4) is 0 Å². The largest absolute Gasteiger partial charge is 0.497 e. The van der Waals surface area contributed by atoms with Gasteiger partial charge in [0.25, 0.3) is 0 Å². The van der Waals surface area contributed by atoms with Gasteiger partial charge in [-0.15, -0.1) is 0 Å². The Hall–Kier alpha value is -1.07. The number of sulfone groups is 1. The van der Waals surface area contributed by atoms with E-state index in [4.69, 9.17) is 10.5 Å². The third-order valence-corrected chi connectivity index (χ3v) is 4.09. The van der Waals surface area contributed by atoms with Crippen LogP contribution >= 0.6 is 0 Å². The first-order valence-corrected chi connectivity index (χ1v) is 7.16. The lowest BCUT2D eigenvalue weighted by atomic mass is 10.1. The van der Waals surface area contributed by atoms with Gasteiger partial charge in [-0.3, -0.25) is 0 Å². The third-order valence-electron chi connectivity index (χ3n) is 2.14. The van der Waals surface area contributed by atoms with Gasteiger partial charge >= 0.3 is 0 Å². The Morgan fingerprint density at radius 1 is 1.24 bits per heavy atom. The number of methoxy groups -OCH3 is 1. The van der Waals surface area contributed by atoms with Crippen molar-refractivity contribution in [3.8, 4) is 5.75 Å². The summed E-state index contributed by atoms with van der Waals surface area (Å²) in [5, 5.41) is 0. The predicted octanol–water partition coefficient (Wildman–Crippen LogP) is 1.35. The molecule has 5 heteroatoms. The highest BCUT2D eigenvalue weighted by molar-refractivity contribution is 7.90. The Bertz CT molecular complexity index is 458. The molecule has 0 aliphatic heterocycles. The molecule has 0 saturated carbocycles. The maximum Gasteiger partial charge on any atom is 0.156 e. The molecule has 0 fully saturated rings. The SMILES string of the molecule is COc1ccc(CS(=O)(=O)CC(C)(C)N)cc1. The molecule has 1 aromatic carbocycles. The van der Waals surface area contributed by atoms with Crippen LogP contribution in [-0.4, -0.2) is 26.8 Å². The number of ether oxygens (including phenoxy) is 1. The normalized spacial score (nSPS) is 12.5. The molecule has 96 valence electrons. The number of nitrogens with two attached hydrogens (primary N) is 1. The average Bonchev–Trinajstić information content (AvgIpc) is 2.14. The molecule has 0 aromatic heterocycles. The van der Waals surface area contributed by atoms with E-state index in [9.17, 15) is 8.42 Å². The van der Waals surface area contributed by atoms with Gasteiger partial charge in [0.2, 0.25) is 0 Å². The van der Waals surface area contributed by atoms with Gasteiger partial charge in [0.1, 0.15) is 5.75 Å². The number of hydrogen-bond donors (Lipinski definition) is 1. The summed E-state index contributed by atoms with van der Waals surface area (Å²) in [4.78, 5) is 0. The van der Waals surface area contributed by atoms with Crippen LogP contribution in [0.25, 0.3) is 0 Å². The Labute approximate surface area is 103 Å². The van der Waals surface area contributed by atoms with Crippen molar-refractivity contribution in [2.45, 2.75) is 25.1 Å². The summed E-state index contributed by atoms with van der Waals surface area (Å²) in [5.74, 6) is 0.703. The van der Waals surface area contributed by atoms with E-state index >= 15 is 0 Å². The van der Waals surface area contributed by atoms with Crippen molar-refractivity contribution in [2.75, 3.05) is 12.9 Å². The van der Waals surface area contributed by atoms with Gasteiger partial charge in [0.05, 0.1) is 18.6 Å². The molecule has 0 atom stereocenters. The maximum atomic E-state index is 11.9. The Morgan fingerprint density at radius 2 is 1.76 bits per heavy atom. The van der Waals surface area contributed by atoms with E-state index in [1.807, 2.05) is 0 Å². The third kappa shape index (κ3) is 5.19. The van der Waals surface area contributed by atoms with E-state index < -0.39 is 15.4 Å². The first-order valence-electron chi connectivity index (χ1n) is 5.34. The van der Waals surface area contributed by atoms with E-state index in [1.54, 1.807) is 45.2 Å². The molecule has 0 bridgehead atoms. The minimum atomic E-state index is -3.18. The second kappa shape index (κ2) is 5.06. The number of rotatable bonds is 5. The van der Waals surface area contributed by atoms with E-state index in [1.165, 1.54) is 0 Å². The topological polar surface area (TPSA) is 69.4 Å². The van der Waals surface area contributed by atoms with Crippen LogP contribution < -0.4 is 10.5 Å². The molecule has 1 rings (SSSR count). The zero-order chi connectivity index (χ0) is 13.1. The van der Waals surface area contributed by atoms with Crippen molar-refractivity contribution < 1.29 is 13.2 Å². The van der Waals surface area contributed by atoms with Crippen molar-refractivity contribution in [3.63, 3.8) is 0 Å². The fourth-order valence-electron chi connectivity index (χ4n) is 1.59. The highest BCUT2D eigenvalue weighted by atomic mass is 32.2. The second-order valence-corrected chi connectivity index (χ2v) is 6.93. The van der Waals surface area contributed by atoms with Crippen molar-refractivity contribution in [1.82, 2.24) is 0 Å². The lowest BCUT2D eigenvalue weighted by Crippen LogP contribution is -2.40. The quantitative estimate of drug-likeness (QED) is 0.864. The number of hydrogen-bond acceptors (Lipinski definition) is 4. The molecule has 0 unspecified atom stereocenters. The van der Waals surface area contributed by atoms with Crippen LogP contribution in [0.15, 0.2) is 24.3 Å². The first-order chi connectivity index (χ1) is 7.72. The minimum absolute atomic E-state index is 0.0115. The van der Waals surface area contributed by atoms with Crippen LogP contribution in [0.1, 0.15) is 19.4 Å². The highest BCUT2D eigenvalue weighted by Crippen LogP contribution is 2.15. The molecular weight excluding hydrogens is 238 g/mol. The summed E-state index contributed by atoms with van der Waals surface area (Å²) >= 11 is 0. The molecule has 1 aromatic rings. The van der Waals surface area contributed by atoms with E-state index in [-0.39, 0.29) is 11.5 Å². The Balaban J connectivity index is 2.76. The molecule has 0 radical (unpaired) electrons. The second-order valence-electron chi connectivity index (χ2n) is 4.87. The molecule has 2 N–H and O–H groups in total. The van der Waals surface area contributed by atoms with E-state index in [0.717, 1.165) is 5.56 Å². The maximum absolute atomic E-state index is 11.9. The Morgan fingerprint density at radius 3 is 2.18 bits per heavy atom. The van der Waals surface area contributed by atoms with Crippen molar-refractivity contribution >= 4 is 9.84 Å². The summed E-state index contributed by atoms with van der Waals surface area (Å²) in [5.41, 5.74) is 5.76. The van der Waals surface area contributed by atoms with Crippen LogP contribution in [0, 0.1) is 0 Å². The molecule has 17 heavy (non-hydrogen) atoms. The average molecular weight is 257 g/mol. The molecular formula is C12H19NO3S. The molecule has 0 saturated heterocycles. The van der Waals surface area contributed by atoms with Crippen LogP contribution in [0.5, 0.6) is 5.75 Å². The zero-order valence-corrected chi connectivity index (χ0v) is 11.3. The fourth-order valence-corrected chi connectivity index (χ4v) is 3.53. The van der Waals surface area contributed by atoms with Gasteiger partial charge in [-0.05, 0) is 31.5 Å². The summed E-state index contributed by atoms with van der Waals surface area (Å²) in [6.45, 7) is 3.41. The molecule has 0 aliphatic carbocycles. The summed E-state index contributed by atoms with van der Waals surface area (Å²) in [7, 11) is -1.61. The fraction of sp³-hybridized carbons (Fsp3) is 0.500. The minimum Gasteiger partial charge on any atom is -0.497 e. The lowest BCUT2D eigenvalue weighted by molar-refractivity contribution is 0.414. The molecule has 0 spiro atoms. The van der Waals surface area contributed by atoms with Gasteiger partial charge in [-0.2, -0.15) is 0 Å². The molecule has 0 aliphatic rings. The standard InChI is InChI=1S/C12H19NO3S/c1-12(2,13)9-17(14,15)8-10-4-6-11(16-3)7-5-10/h4-7H,8-9,13H2,1-3H3. The Kier molecular flexibility index (Phi) is 4.16. The molecule has 0 heterocycles. The van der Waals surface area contributed by atoms with Gasteiger partial charge in [0.15, 0.2) is 9.84 Å². The van der Waals surface area contributed by atoms with Crippen LogP contribution in [-0.2, 0) is 15.6 Å².